The van der Waals surface area contributed by atoms with Crippen LogP contribution >= 0.6 is 11.3 Å². The number of carbonyl (C=O) groups is 2. The highest BCUT2D eigenvalue weighted by Crippen LogP contribution is 2.45. The van der Waals surface area contributed by atoms with Gasteiger partial charge < -0.3 is 24.6 Å². The first-order valence-corrected chi connectivity index (χ1v) is 16.2. The molecule has 2 aliphatic rings. The van der Waals surface area contributed by atoms with E-state index in [-0.39, 0.29) is 46.2 Å². The second-order valence-corrected chi connectivity index (χ2v) is 13.9. The zero-order chi connectivity index (χ0) is 34.5. The minimum atomic E-state index is -4.55. The third-order valence-corrected chi connectivity index (χ3v) is 9.55. The average Bonchev–Trinajstić information content (AvgIpc) is 3.77. The number of nitrogens with one attached hydrogen (secondary N) is 2. The monoisotopic (exact) mass is 693 g/mol. The molecule has 2 bridgehead atoms. The number of alkyl halides is 4. The lowest BCUT2D eigenvalue weighted by atomic mass is 9.95. The molecule has 2 N–H and O–H groups in total. The number of amides is 2. The first-order valence-electron chi connectivity index (χ1n) is 15.3. The Kier molecular flexibility index (Phi) is 8.76. The summed E-state index contributed by atoms with van der Waals surface area (Å²) in [5, 5.41) is 14.2. The van der Waals surface area contributed by atoms with Crippen LogP contribution in [0, 0.1) is 0 Å². The van der Waals surface area contributed by atoms with Crippen LogP contribution in [0.2, 0.25) is 0 Å². The summed E-state index contributed by atoms with van der Waals surface area (Å²) in [7, 11) is 3.01. The Bertz CT molecular complexity index is 1830. The van der Waals surface area contributed by atoms with E-state index in [1.807, 2.05) is 0 Å². The molecular weight excluding hydrogens is 658 g/mol. The third-order valence-electron chi connectivity index (χ3n) is 8.27. The molecular formula is C31H35F4N7O5S. The number of rotatable bonds is 8. The molecule has 3 aromatic heterocycles. The van der Waals surface area contributed by atoms with Gasteiger partial charge >= 0.3 is 12.3 Å². The second kappa shape index (κ2) is 12.6. The van der Waals surface area contributed by atoms with Crippen molar-refractivity contribution < 1.29 is 41.1 Å². The highest BCUT2D eigenvalue weighted by molar-refractivity contribution is 7.23. The van der Waals surface area contributed by atoms with Crippen LogP contribution in [0.15, 0.2) is 28.9 Å². The van der Waals surface area contributed by atoms with E-state index in [2.05, 4.69) is 25.9 Å². The van der Waals surface area contributed by atoms with Crippen molar-refractivity contribution >= 4 is 39.1 Å². The highest BCUT2D eigenvalue weighted by atomic mass is 32.1. The summed E-state index contributed by atoms with van der Waals surface area (Å²) in [6.07, 6.45) is -4.88. The molecule has 12 nitrogen and oxygen atoms in total. The van der Waals surface area contributed by atoms with E-state index in [0.717, 1.165) is 11.3 Å². The van der Waals surface area contributed by atoms with Crippen LogP contribution in [0.25, 0.3) is 20.8 Å². The van der Waals surface area contributed by atoms with Gasteiger partial charge in [0.2, 0.25) is 17.6 Å². The maximum absolute atomic E-state index is 16.0. The lowest BCUT2D eigenvalue weighted by Gasteiger charge is -2.42. The maximum Gasteiger partial charge on any atom is 0.410 e. The predicted octanol–water partition coefficient (Wildman–Crippen LogP) is 6.02. The summed E-state index contributed by atoms with van der Waals surface area (Å²) in [4.78, 5) is 31.5. The molecule has 2 amide bonds. The first kappa shape index (κ1) is 33.5. The number of carbonyl (C=O) groups excluding carboxylic acids is 2. The minimum Gasteiger partial charge on any atom is -0.479 e. The predicted molar refractivity (Wildman–Crippen MR) is 168 cm³/mol. The number of nitrogens with zero attached hydrogens (tertiary/aromatic N) is 5. The summed E-state index contributed by atoms with van der Waals surface area (Å²) in [6.45, 7) is 5.07. The molecule has 1 aromatic carbocycles. The Morgan fingerprint density at radius 3 is 2.67 bits per heavy atom. The Morgan fingerprint density at radius 2 is 1.96 bits per heavy atom. The van der Waals surface area contributed by atoms with Crippen molar-refractivity contribution in [2.75, 3.05) is 12.4 Å². The zero-order valence-corrected chi connectivity index (χ0v) is 27.7. The number of hydrogen-bond acceptors (Lipinski definition) is 10. The van der Waals surface area contributed by atoms with Crippen molar-refractivity contribution in [2.24, 2.45) is 7.05 Å². The molecule has 258 valence electrons. The van der Waals surface area contributed by atoms with Crippen molar-refractivity contribution in [1.82, 2.24) is 30.1 Å². The van der Waals surface area contributed by atoms with Crippen LogP contribution in [0.5, 0.6) is 5.88 Å². The maximum atomic E-state index is 16.0. The smallest absolute Gasteiger partial charge is 0.410 e. The van der Waals surface area contributed by atoms with Gasteiger partial charge in [0, 0.05) is 19.3 Å². The van der Waals surface area contributed by atoms with Gasteiger partial charge in [0.25, 0.3) is 5.91 Å². The van der Waals surface area contributed by atoms with Crippen molar-refractivity contribution in [3.05, 3.63) is 41.4 Å². The third kappa shape index (κ3) is 6.77. The Balaban J connectivity index is 1.25. The van der Waals surface area contributed by atoms with Gasteiger partial charge in [-0.15, -0.1) is 16.4 Å². The standard InChI is InChI=1S/C31H35F4N7O5S/c1-30(2,3)46-29(44)42-15-9-10-21(42)23(32)20(11-15)37-19-8-6-7-16-17(12-31(33,34)35)25(48-24(16)19)26-38-22(47-40-26)13-36-27(43)18-14-41(4)39-28(18)45-5/h6-8,14-15,20-21,23,37H,9-13H2,1-5H3,(H,36,43)/t15-,20-,21+,23-/m1/s1. The molecule has 0 saturated carbocycles. The Labute approximate surface area is 276 Å². The number of fused-ring (bicyclic) bond motifs is 3. The summed E-state index contributed by atoms with van der Waals surface area (Å²) < 4.78 is 75.4. The summed E-state index contributed by atoms with van der Waals surface area (Å²) in [6, 6.07) is 3.30. The van der Waals surface area contributed by atoms with Crippen LogP contribution in [-0.4, -0.2) is 80.0 Å². The van der Waals surface area contributed by atoms with Gasteiger partial charge in [-0.1, -0.05) is 17.3 Å². The fraction of sp³-hybridized carbons (Fsp3) is 0.516. The van der Waals surface area contributed by atoms with Gasteiger partial charge in [-0.3, -0.25) is 14.4 Å². The molecule has 0 aliphatic carbocycles. The van der Waals surface area contributed by atoms with Crippen LogP contribution in [0.3, 0.4) is 0 Å². The van der Waals surface area contributed by atoms with Crippen LogP contribution < -0.4 is 15.4 Å². The lowest BCUT2D eigenvalue weighted by molar-refractivity contribution is -0.126. The molecule has 0 spiro atoms. The molecule has 0 unspecified atom stereocenters. The van der Waals surface area contributed by atoms with Crippen molar-refractivity contribution in [1.29, 1.82) is 0 Å². The van der Waals surface area contributed by atoms with Gasteiger partial charge in [0.15, 0.2) is 0 Å². The number of hydrogen-bond donors (Lipinski definition) is 2. The van der Waals surface area contributed by atoms with Gasteiger partial charge in [0.05, 0.1) is 47.4 Å². The van der Waals surface area contributed by atoms with Crippen LogP contribution in [-0.2, 0) is 24.8 Å². The number of halogens is 4. The zero-order valence-electron chi connectivity index (χ0n) is 26.9. The van der Waals surface area contributed by atoms with E-state index >= 15 is 4.39 Å². The van der Waals surface area contributed by atoms with Crippen molar-refractivity contribution in [2.45, 2.75) is 89.1 Å². The van der Waals surface area contributed by atoms with Gasteiger partial charge in [0.1, 0.15) is 17.3 Å². The van der Waals surface area contributed by atoms with E-state index in [1.165, 1.54) is 22.9 Å². The van der Waals surface area contributed by atoms with E-state index in [4.69, 9.17) is 14.0 Å². The SMILES string of the molecule is COc1nn(C)cc1C(=O)NCc1nc(-c2sc3c(N[C@@H]4C[C@H]5CC[C@@H]([C@@H]4F)N5C(=O)OC(C)(C)C)cccc3c2CC(F)(F)F)no1. The van der Waals surface area contributed by atoms with Gasteiger partial charge in [-0.25, -0.2) is 9.18 Å². The van der Waals surface area contributed by atoms with E-state index in [1.54, 1.807) is 46.0 Å². The molecule has 2 fully saturated rings. The fourth-order valence-electron chi connectivity index (χ4n) is 6.37. The van der Waals surface area contributed by atoms with E-state index in [0.29, 0.717) is 35.0 Å². The summed E-state index contributed by atoms with van der Waals surface area (Å²) in [5.74, 6) is -0.501. The van der Waals surface area contributed by atoms with Crippen LogP contribution in [0.4, 0.5) is 28.0 Å². The number of aromatic nitrogens is 4. The van der Waals surface area contributed by atoms with Crippen LogP contribution in [0.1, 0.15) is 61.8 Å². The normalized spacial score (nSPS) is 21.1. The largest absolute Gasteiger partial charge is 0.479 e. The molecule has 4 atom stereocenters. The van der Waals surface area contributed by atoms with Crippen molar-refractivity contribution in [3.63, 3.8) is 0 Å². The van der Waals surface area contributed by atoms with Crippen molar-refractivity contribution in [3.8, 4) is 16.6 Å². The number of benzene rings is 1. The molecule has 0 radical (unpaired) electrons. The number of anilines is 1. The number of ether oxygens (including phenoxy) is 2. The minimum absolute atomic E-state index is 0.0255. The molecule has 5 heterocycles. The molecule has 48 heavy (non-hydrogen) atoms. The molecule has 2 aliphatic heterocycles. The quantitative estimate of drug-likeness (QED) is 0.213. The number of methoxy groups -OCH3 is 1. The number of piperidine rings is 1. The van der Waals surface area contributed by atoms with Gasteiger partial charge in [-0.05, 0) is 57.0 Å². The summed E-state index contributed by atoms with van der Waals surface area (Å²) >= 11 is 1.04. The Hall–Kier alpha value is -4.41. The average molecular weight is 694 g/mol. The lowest BCUT2D eigenvalue weighted by Crippen LogP contribution is -2.57. The Morgan fingerprint density at radius 1 is 1.19 bits per heavy atom. The highest BCUT2D eigenvalue weighted by Gasteiger charge is 2.51. The number of aryl methyl sites for hydroxylation is 1. The first-order chi connectivity index (χ1) is 22.6. The fourth-order valence-corrected chi connectivity index (χ4v) is 7.59. The van der Waals surface area contributed by atoms with E-state index in [9.17, 15) is 22.8 Å². The second-order valence-electron chi connectivity index (χ2n) is 12.9. The summed E-state index contributed by atoms with van der Waals surface area (Å²) in [5.41, 5.74) is -0.124. The molecule has 2 saturated heterocycles. The van der Waals surface area contributed by atoms with Gasteiger partial charge in [-0.2, -0.15) is 18.2 Å². The molecule has 4 aromatic rings. The number of thiophene rings is 1. The molecule has 17 heteroatoms. The molecule has 6 rings (SSSR count). The topological polar surface area (TPSA) is 137 Å². The van der Waals surface area contributed by atoms with E-state index < -0.39 is 48.5 Å².